The summed E-state index contributed by atoms with van der Waals surface area (Å²) in [5.41, 5.74) is 1.16. The Bertz CT molecular complexity index is 928. The molecule has 0 amide bonds. The Labute approximate surface area is 167 Å². The smallest absolute Gasteiger partial charge is 0.325 e. The first-order chi connectivity index (χ1) is 13.4. The Hall–Kier alpha value is -2.60. The first-order valence-electron chi connectivity index (χ1n) is 8.97. The zero-order valence-electron chi connectivity index (χ0n) is 15.2. The van der Waals surface area contributed by atoms with E-state index in [1.165, 1.54) is 4.57 Å². The molecule has 0 spiro atoms. The average molecular weight is 405 g/mol. The summed E-state index contributed by atoms with van der Waals surface area (Å²) in [4.78, 5) is 27.4. The third-order valence-corrected chi connectivity index (χ3v) is 5.26. The highest BCUT2D eigenvalue weighted by molar-refractivity contribution is 6.31. The lowest BCUT2D eigenvalue weighted by atomic mass is 10.0. The van der Waals surface area contributed by atoms with Gasteiger partial charge in [-0.05, 0) is 12.1 Å². The molecule has 2 N–H and O–H groups in total. The molecule has 1 fully saturated rings. The lowest BCUT2D eigenvalue weighted by Crippen LogP contribution is -2.49. The minimum Gasteiger partial charge on any atom is -0.480 e. The van der Waals surface area contributed by atoms with E-state index in [1.807, 2.05) is 4.90 Å². The van der Waals surface area contributed by atoms with Crippen LogP contribution in [-0.4, -0.2) is 69.2 Å². The Morgan fingerprint density at radius 3 is 2.54 bits per heavy atom. The van der Waals surface area contributed by atoms with Gasteiger partial charge in [-0.2, -0.15) is 5.26 Å². The summed E-state index contributed by atoms with van der Waals surface area (Å²) in [5.74, 6) is -1.99. The number of hydrogen-bond donors (Lipinski definition) is 2. The molecule has 2 aromatic rings. The summed E-state index contributed by atoms with van der Waals surface area (Å²) >= 11 is 6.07. The number of piperazine rings is 1. The van der Waals surface area contributed by atoms with Crippen LogP contribution in [0.5, 0.6) is 0 Å². The van der Waals surface area contributed by atoms with Gasteiger partial charge in [0.05, 0.1) is 11.6 Å². The molecule has 2 heterocycles. The molecule has 3 rings (SSSR count). The van der Waals surface area contributed by atoms with E-state index in [1.54, 1.807) is 24.4 Å². The lowest BCUT2D eigenvalue weighted by Gasteiger charge is -2.37. The topological polar surface area (TPSA) is 110 Å². The van der Waals surface area contributed by atoms with Gasteiger partial charge >= 0.3 is 11.9 Å². The standard InChI is InChI=1S/C19H21ClN4O4/c20-13-2-3-14-15(11-24(12-17(25)26)16(14)10-13)18(19(27)28)23-8-6-22(7-9-23)5-1-4-21/h2-3,10-11,18H,1,5-9,12H2,(H,25,26)(H,27,28). The van der Waals surface area contributed by atoms with Crippen LogP contribution in [0.25, 0.3) is 10.9 Å². The zero-order chi connectivity index (χ0) is 20.3. The Morgan fingerprint density at radius 1 is 1.21 bits per heavy atom. The molecule has 148 valence electrons. The number of fused-ring (bicyclic) bond motifs is 1. The van der Waals surface area contributed by atoms with Crippen molar-refractivity contribution in [3.63, 3.8) is 0 Å². The van der Waals surface area contributed by atoms with E-state index in [0.717, 1.165) is 0 Å². The molecule has 9 heteroatoms. The molecule has 1 saturated heterocycles. The van der Waals surface area contributed by atoms with Gasteiger partial charge in [0.1, 0.15) is 12.6 Å². The molecule has 0 aliphatic carbocycles. The SMILES string of the molecule is N#CCCN1CCN(C(C(=O)O)c2cn(CC(=O)O)c3cc(Cl)ccc23)CC1. The number of aliphatic carboxylic acids is 2. The van der Waals surface area contributed by atoms with Crippen molar-refractivity contribution in [1.29, 1.82) is 5.26 Å². The molecular formula is C19H21ClN4O4. The first-order valence-corrected chi connectivity index (χ1v) is 9.34. The van der Waals surface area contributed by atoms with Crippen molar-refractivity contribution >= 4 is 34.4 Å². The number of benzene rings is 1. The Balaban J connectivity index is 1.93. The fraction of sp³-hybridized carbons (Fsp3) is 0.421. The van der Waals surface area contributed by atoms with E-state index in [4.69, 9.17) is 16.9 Å². The van der Waals surface area contributed by atoms with Crippen molar-refractivity contribution in [1.82, 2.24) is 14.4 Å². The number of carboxylic acids is 2. The summed E-state index contributed by atoms with van der Waals surface area (Å²) < 4.78 is 1.53. The van der Waals surface area contributed by atoms with Crippen molar-refractivity contribution in [3.8, 4) is 6.07 Å². The van der Waals surface area contributed by atoms with Gasteiger partial charge in [-0.1, -0.05) is 17.7 Å². The van der Waals surface area contributed by atoms with Crippen LogP contribution >= 0.6 is 11.6 Å². The van der Waals surface area contributed by atoms with Gasteiger partial charge in [0.2, 0.25) is 0 Å². The number of rotatable bonds is 7. The number of hydrogen-bond acceptors (Lipinski definition) is 5. The van der Waals surface area contributed by atoms with Crippen LogP contribution in [0.4, 0.5) is 0 Å². The highest BCUT2D eigenvalue weighted by Crippen LogP contribution is 2.32. The molecule has 1 atom stereocenters. The van der Waals surface area contributed by atoms with Gasteiger partial charge in [0.15, 0.2) is 0 Å². The number of nitrogens with zero attached hydrogens (tertiary/aromatic N) is 4. The van der Waals surface area contributed by atoms with Crippen molar-refractivity contribution in [2.45, 2.75) is 19.0 Å². The molecule has 1 aliphatic rings. The molecule has 1 unspecified atom stereocenters. The fourth-order valence-corrected chi connectivity index (χ4v) is 3.89. The van der Waals surface area contributed by atoms with Crippen molar-refractivity contribution in [2.75, 3.05) is 32.7 Å². The van der Waals surface area contributed by atoms with Gasteiger partial charge in [-0.3, -0.25) is 19.4 Å². The number of carboxylic acid groups (broad SMARTS) is 2. The molecular weight excluding hydrogens is 384 g/mol. The monoisotopic (exact) mass is 404 g/mol. The van der Waals surface area contributed by atoms with Crippen molar-refractivity contribution in [3.05, 3.63) is 35.0 Å². The molecule has 28 heavy (non-hydrogen) atoms. The van der Waals surface area contributed by atoms with Crippen LogP contribution in [0.1, 0.15) is 18.0 Å². The average Bonchev–Trinajstić information content (AvgIpc) is 2.97. The third-order valence-electron chi connectivity index (χ3n) is 5.02. The van der Waals surface area contributed by atoms with Crippen LogP contribution in [0.2, 0.25) is 5.02 Å². The fourth-order valence-electron chi connectivity index (χ4n) is 3.73. The van der Waals surface area contributed by atoms with Crippen LogP contribution < -0.4 is 0 Å². The summed E-state index contributed by atoms with van der Waals surface area (Å²) in [6.45, 7) is 2.89. The third kappa shape index (κ3) is 4.28. The van der Waals surface area contributed by atoms with Crippen LogP contribution in [0.3, 0.4) is 0 Å². The second kappa shape index (κ2) is 8.61. The second-order valence-corrected chi connectivity index (χ2v) is 7.23. The molecule has 8 nitrogen and oxygen atoms in total. The Morgan fingerprint density at radius 2 is 1.93 bits per heavy atom. The predicted octanol–water partition coefficient (Wildman–Crippen LogP) is 2.04. The molecule has 0 bridgehead atoms. The number of aromatic nitrogens is 1. The van der Waals surface area contributed by atoms with E-state index in [2.05, 4.69) is 11.0 Å². The van der Waals surface area contributed by atoms with Crippen LogP contribution in [0.15, 0.2) is 24.4 Å². The number of carbonyl (C=O) groups is 2. The summed E-state index contributed by atoms with van der Waals surface area (Å²) in [6.07, 6.45) is 2.06. The maximum atomic E-state index is 12.1. The molecule has 0 saturated carbocycles. The van der Waals surface area contributed by atoms with E-state index in [9.17, 15) is 19.8 Å². The largest absolute Gasteiger partial charge is 0.480 e. The van der Waals surface area contributed by atoms with Crippen LogP contribution in [0, 0.1) is 11.3 Å². The number of nitriles is 1. The van der Waals surface area contributed by atoms with Gasteiger partial charge in [-0.15, -0.1) is 0 Å². The normalized spacial score (nSPS) is 16.7. The summed E-state index contributed by atoms with van der Waals surface area (Å²) in [7, 11) is 0. The van der Waals surface area contributed by atoms with E-state index in [0.29, 0.717) is 60.6 Å². The summed E-state index contributed by atoms with van der Waals surface area (Å²) in [6, 6.07) is 6.32. The number of halogens is 1. The maximum absolute atomic E-state index is 12.1. The maximum Gasteiger partial charge on any atom is 0.325 e. The molecule has 0 radical (unpaired) electrons. The van der Waals surface area contributed by atoms with Crippen LogP contribution in [-0.2, 0) is 16.1 Å². The quantitative estimate of drug-likeness (QED) is 0.726. The highest BCUT2D eigenvalue weighted by atomic mass is 35.5. The second-order valence-electron chi connectivity index (χ2n) is 6.79. The molecule has 1 aliphatic heterocycles. The predicted molar refractivity (Wildman–Crippen MR) is 103 cm³/mol. The van der Waals surface area contributed by atoms with E-state index < -0.39 is 18.0 Å². The van der Waals surface area contributed by atoms with Gasteiger partial charge in [0.25, 0.3) is 0 Å². The zero-order valence-corrected chi connectivity index (χ0v) is 16.0. The minimum atomic E-state index is -1.01. The van der Waals surface area contributed by atoms with Crippen molar-refractivity contribution < 1.29 is 19.8 Å². The van der Waals surface area contributed by atoms with Gasteiger partial charge in [-0.25, -0.2) is 0 Å². The van der Waals surface area contributed by atoms with Gasteiger partial charge in [0, 0.05) is 61.3 Å². The lowest BCUT2D eigenvalue weighted by molar-refractivity contribution is -0.144. The Kier molecular flexibility index (Phi) is 6.19. The van der Waals surface area contributed by atoms with Gasteiger partial charge < -0.3 is 14.8 Å². The minimum absolute atomic E-state index is 0.273. The first kappa shape index (κ1) is 20.1. The summed E-state index contributed by atoms with van der Waals surface area (Å²) in [5, 5.41) is 29.0. The van der Waals surface area contributed by atoms with E-state index in [-0.39, 0.29) is 6.54 Å². The van der Waals surface area contributed by atoms with E-state index >= 15 is 0 Å². The van der Waals surface area contributed by atoms with Crippen molar-refractivity contribution in [2.24, 2.45) is 0 Å². The highest BCUT2D eigenvalue weighted by Gasteiger charge is 2.32. The molecule has 1 aromatic carbocycles. The molecule has 1 aromatic heterocycles.